The molecule has 2 rings (SSSR count). The maximum atomic E-state index is 10.3. The van der Waals surface area contributed by atoms with Crippen molar-refractivity contribution in [1.29, 1.82) is 0 Å². The number of nitrogens with one attached hydrogen (secondary N) is 1. The van der Waals surface area contributed by atoms with Gasteiger partial charge < -0.3 is 20.1 Å². The Kier molecular flexibility index (Phi) is 5.83. The fourth-order valence-electron chi connectivity index (χ4n) is 2.78. The lowest BCUT2D eigenvalue weighted by atomic mass is 10.0. The Hall–Kier alpha value is -1.10. The summed E-state index contributed by atoms with van der Waals surface area (Å²) < 4.78 is 5.20. The second-order valence-electron chi connectivity index (χ2n) is 5.66. The average molecular weight is 278 g/mol. The third-order valence-electron chi connectivity index (χ3n) is 3.91. The Labute approximate surface area is 121 Å². The molecule has 1 saturated heterocycles. The van der Waals surface area contributed by atoms with Crippen molar-refractivity contribution in [3.63, 3.8) is 0 Å². The minimum absolute atomic E-state index is 0.473. The van der Waals surface area contributed by atoms with Gasteiger partial charge in [0, 0.05) is 19.1 Å². The normalized spacial score (nSPS) is 20.9. The molecule has 1 aromatic carbocycles. The van der Waals surface area contributed by atoms with Gasteiger partial charge >= 0.3 is 0 Å². The van der Waals surface area contributed by atoms with Crippen molar-refractivity contribution in [3.8, 4) is 5.75 Å². The van der Waals surface area contributed by atoms with Gasteiger partial charge in [0.1, 0.15) is 5.75 Å². The highest BCUT2D eigenvalue weighted by molar-refractivity contribution is 5.29. The molecule has 0 saturated carbocycles. The van der Waals surface area contributed by atoms with Gasteiger partial charge in [0.25, 0.3) is 0 Å². The maximum absolute atomic E-state index is 10.3. The van der Waals surface area contributed by atoms with Crippen molar-refractivity contribution in [2.45, 2.75) is 31.4 Å². The Balaban J connectivity index is 1.84. The van der Waals surface area contributed by atoms with Gasteiger partial charge in [-0.25, -0.2) is 0 Å². The van der Waals surface area contributed by atoms with Crippen LogP contribution in [0.1, 0.15) is 30.9 Å². The van der Waals surface area contributed by atoms with Gasteiger partial charge in [0.05, 0.1) is 13.2 Å². The van der Waals surface area contributed by atoms with E-state index in [0.29, 0.717) is 12.6 Å². The molecule has 1 fully saturated rings. The van der Waals surface area contributed by atoms with Crippen LogP contribution in [0.2, 0.25) is 0 Å². The zero-order valence-electron chi connectivity index (χ0n) is 12.5. The third kappa shape index (κ3) is 4.47. The Morgan fingerprint density at radius 1 is 1.45 bits per heavy atom. The van der Waals surface area contributed by atoms with Crippen LogP contribution in [0.4, 0.5) is 0 Å². The molecule has 4 heteroatoms. The summed E-state index contributed by atoms with van der Waals surface area (Å²) in [6.45, 7) is 2.75. The summed E-state index contributed by atoms with van der Waals surface area (Å²) >= 11 is 0. The molecular formula is C16H26N2O2. The minimum Gasteiger partial charge on any atom is -0.497 e. The first kappa shape index (κ1) is 15.3. The van der Waals surface area contributed by atoms with E-state index in [9.17, 15) is 5.11 Å². The first-order valence-corrected chi connectivity index (χ1v) is 7.43. The summed E-state index contributed by atoms with van der Waals surface area (Å²) in [4.78, 5) is 2.20. The second kappa shape index (κ2) is 7.62. The fourth-order valence-corrected chi connectivity index (χ4v) is 2.78. The molecular weight excluding hydrogens is 252 g/mol. The topological polar surface area (TPSA) is 44.7 Å². The predicted octanol–water partition coefficient (Wildman–Crippen LogP) is 1.80. The predicted molar refractivity (Wildman–Crippen MR) is 81.1 cm³/mol. The number of ether oxygens (including phenoxy) is 1. The molecule has 4 nitrogen and oxygen atoms in total. The average Bonchev–Trinajstić information content (AvgIpc) is 2.48. The maximum Gasteiger partial charge on any atom is 0.119 e. The summed E-state index contributed by atoms with van der Waals surface area (Å²) in [6, 6.07) is 8.22. The molecule has 112 valence electrons. The molecule has 2 unspecified atom stereocenters. The SMILES string of the molecule is COc1cccc(C(O)CN(C)CC2CCCCN2)c1. The quantitative estimate of drug-likeness (QED) is 0.833. The number of likely N-dealkylation sites (N-methyl/N-ethyl adjacent to an activating group) is 1. The Morgan fingerprint density at radius 3 is 3.00 bits per heavy atom. The minimum atomic E-state index is -0.473. The highest BCUT2D eigenvalue weighted by Crippen LogP contribution is 2.20. The highest BCUT2D eigenvalue weighted by atomic mass is 16.5. The molecule has 1 aromatic rings. The second-order valence-corrected chi connectivity index (χ2v) is 5.66. The number of hydrogen-bond acceptors (Lipinski definition) is 4. The van der Waals surface area contributed by atoms with Crippen LogP contribution < -0.4 is 10.1 Å². The summed E-state index contributed by atoms with van der Waals surface area (Å²) in [7, 11) is 3.71. The molecule has 0 aromatic heterocycles. The molecule has 1 aliphatic rings. The molecule has 1 heterocycles. The lowest BCUT2D eigenvalue weighted by Gasteiger charge is -2.29. The number of methoxy groups -OCH3 is 1. The van der Waals surface area contributed by atoms with Crippen LogP contribution in [0.25, 0.3) is 0 Å². The summed E-state index contributed by atoms with van der Waals surface area (Å²) in [5, 5.41) is 13.9. The van der Waals surface area contributed by atoms with Gasteiger partial charge in [-0.15, -0.1) is 0 Å². The largest absolute Gasteiger partial charge is 0.497 e. The van der Waals surface area contributed by atoms with E-state index in [4.69, 9.17) is 4.74 Å². The number of benzene rings is 1. The molecule has 0 spiro atoms. The van der Waals surface area contributed by atoms with Crippen LogP contribution in [0.15, 0.2) is 24.3 Å². The van der Waals surface area contributed by atoms with E-state index < -0.39 is 6.10 Å². The smallest absolute Gasteiger partial charge is 0.119 e. The van der Waals surface area contributed by atoms with Gasteiger partial charge in [-0.3, -0.25) is 0 Å². The molecule has 2 N–H and O–H groups in total. The van der Waals surface area contributed by atoms with Crippen molar-refractivity contribution in [2.24, 2.45) is 0 Å². The Morgan fingerprint density at radius 2 is 2.30 bits per heavy atom. The van der Waals surface area contributed by atoms with Crippen LogP contribution in [0.3, 0.4) is 0 Å². The third-order valence-corrected chi connectivity index (χ3v) is 3.91. The van der Waals surface area contributed by atoms with E-state index in [0.717, 1.165) is 24.4 Å². The Bertz CT molecular complexity index is 405. The van der Waals surface area contributed by atoms with Gasteiger partial charge in [0.2, 0.25) is 0 Å². The molecule has 0 aliphatic carbocycles. The standard InChI is InChI=1S/C16H26N2O2/c1-18(11-14-7-3-4-9-17-14)12-16(19)13-6-5-8-15(10-13)20-2/h5-6,8,10,14,16-17,19H,3-4,7,9,11-12H2,1-2H3. The van der Waals surface area contributed by atoms with Crippen LogP contribution in [-0.2, 0) is 0 Å². The van der Waals surface area contributed by atoms with E-state index in [1.807, 2.05) is 24.3 Å². The monoisotopic (exact) mass is 278 g/mol. The first-order valence-electron chi connectivity index (χ1n) is 7.43. The van der Waals surface area contributed by atoms with E-state index in [-0.39, 0.29) is 0 Å². The van der Waals surface area contributed by atoms with Crippen molar-refractivity contribution in [3.05, 3.63) is 29.8 Å². The summed E-state index contributed by atoms with van der Waals surface area (Å²) in [5.74, 6) is 0.790. The number of hydrogen-bond donors (Lipinski definition) is 2. The number of aliphatic hydroxyl groups excluding tert-OH is 1. The number of aliphatic hydroxyl groups is 1. The van der Waals surface area contributed by atoms with Crippen molar-refractivity contribution in [2.75, 3.05) is 33.8 Å². The van der Waals surface area contributed by atoms with Gasteiger partial charge in [0.15, 0.2) is 0 Å². The van der Waals surface area contributed by atoms with Crippen molar-refractivity contribution >= 4 is 0 Å². The van der Waals surface area contributed by atoms with Crippen molar-refractivity contribution in [1.82, 2.24) is 10.2 Å². The van der Waals surface area contributed by atoms with Gasteiger partial charge in [-0.2, -0.15) is 0 Å². The van der Waals surface area contributed by atoms with Crippen LogP contribution in [0.5, 0.6) is 5.75 Å². The highest BCUT2D eigenvalue weighted by Gasteiger charge is 2.17. The molecule has 0 radical (unpaired) electrons. The molecule has 0 amide bonds. The van der Waals surface area contributed by atoms with E-state index in [1.165, 1.54) is 19.3 Å². The number of rotatable bonds is 6. The zero-order chi connectivity index (χ0) is 14.4. The lowest BCUT2D eigenvalue weighted by Crippen LogP contribution is -2.43. The van der Waals surface area contributed by atoms with Crippen molar-refractivity contribution < 1.29 is 9.84 Å². The molecule has 2 atom stereocenters. The summed E-state index contributed by atoms with van der Waals surface area (Å²) in [6.07, 6.45) is 3.36. The summed E-state index contributed by atoms with van der Waals surface area (Å²) in [5.41, 5.74) is 0.910. The van der Waals surface area contributed by atoms with Crippen LogP contribution in [0, 0.1) is 0 Å². The van der Waals surface area contributed by atoms with Gasteiger partial charge in [-0.05, 0) is 44.1 Å². The number of piperidine rings is 1. The first-order chi connectivity index (χ1) is 9.69. The van der Waals surface area contributed by atoms with Crippen LogP contribution >= 0.6 is 0 Å². The van der Waals surface area contributed by atoms with Crippen LogP contribution in [-0.4, -0.2) is 49.8 Å². The van der Waals surface area contributed by atoms with E-state index in [1.54, 1.807) is 7.11 Å². The van der Waals surface area contributed by atoms with E-state index >= 15 is 0 Å². The molecule has 1 aliphatic heterocycles. The molecule has 0 bridgehead atoms. The van der Waals surface area contributed by atoms with Gasteiger partial charge in [-0.1, -0.05) is 18.6 Å². The van der Waals surface area contributed by atoms with E-state index in [2.05, 4.69) is 17.3 Å². The molecule has 20 heavy (non-hydrogen) atoms. The zero-order valence-corrected chi connectivity index (χ0v) is 12.5. The number of nitrogens with zero attached hydrogens (tertiary/aromatic N) is 1. The lowest BCUT2D eigenvalue weighted by molar-refractivity contribution is 0.118. The fraction of sp³-hybridized carbons (Fsp3) is 0.625.